The zero-order valence-corrected chi connectivity index (χ0v) is 19.2. The first kappa shape index (κ1) is 19.3. The van der Waals surface area contributed by atoms with E-state index in [2.05, 4.69) is 132 Å². The van der Waals surface area contributed by atoms with E-state index >= 15 is 0 Å². The lowest BCUT2D eigenvalue weighted by Gasteiger charge is -2.40. The maximum atomic E-state index is 3.73. The van der Waals surface area contributed by atoms with Gasteiger partial charge in [0.05, 0.1) is 17.7 Å². The van der Waals surface area contributed by atoms with Crippen molar-refractivity contribution in [3.8, 4) is 22.3 Å². The summed E-state index contributed by atoms with van der Waals surface area (Å²) in [6, 6.07) is 44.6. The predicted octanol–water partition coefficient (Wildman–Crippen LogP) is 6.92. The summed E-state index contributed by atoms with van der Waals surface area (Å²) < 4.78 is 0. The predicted molar refractivity (Wildman–Crippen MR) is 141 cm³/mol. The standard InChI is InChI=1S/C33H24N2/c1-2-10-21(11-3-1)31-34-32(35-31)22-18-19-26-25-14-6-9-17-29(25)33(30(26)20-22)27-15-7-4-12-23(27)24-13-5-8-16-28(24)33/h1-20,31-32,34-35H. The molecule has 1 saturated heterocycles. The average Bonchev–Trinajstić information content (AvgIpc) is 3.36. The van der Waals surface area contributed by atoms with Gasteiger partial charge in [0, 0.05) is 0 Å². The van der Waals surface area contributed by atoms with Crippen molar-refractivity contribution in [2.45, 2.75) is 17.7 Å². The summed E-state index contributed by atoms with van der Waals surface area (Å²) in [7, 11) is 0. The molecular formula is C33H24N2. The molecule has 0 unspecified atom stereocenters. The Balaban J connectivity index is 1.32. The highest BCUT2D eigenvalue weighted by molar-refractivity contribution is 5.94. The average molecular weight is 449 g/mol. The zero-order chi connectivity index (χ0) is 23.0. The van der Waals surface area contributed by atoms with Gasteiger partial charge in [-0.15, -0.1) is 0 Å². The van der Waals surface area contributed by atoms with Crippen molar-refractivity contribution < 1.29 is 0 Å². The van der Waals surface area contributed by atoms with E-state index < -0.39 is 0 Å². The normalized spacial score (nSPS) is 20.0. The van der Waals surface area contributed by atoms with Crippen LogP contribution in [0.25, 0.3) is 22.3 Å². The van der Waals surface area contributed by atoms with Crippen molar-refractivity contribution >= 4 is 0 Å². The number of nitrogens with one attached hydrogen (secondary N) is 2. The van der Waals surface area contributed by atoms with E-state index in [0.717, 1.165) is 0 Å². The third-order valence-corrected chi connectivity index (χ3v) is 8.15. The number of hydrogen-bond acceptors (Lipinski definition) is 2. The molecule has 2 aliphatic carbocycles. The number of hydrogen-bond donors (Lipinski definition) is 2. The van der Waals surface area contributed by atoms with Crippen LogP contribution in [0, 0.1) is 0 Å². The molecule has 3 aliphatic rings. The van der Waals surface area contributed by atoms with E-state index in [-0.39, 0.29) is 17.7 Å². The van der Waals surface area contributed by atoms with E-state index in [0.29, 0.717) is 0 Å². The van der Waals surface area contributed by atoms with Crippen LogP contribution in [-0.4, -0.2) is 0 Å². The molecule has 5 aromatic carbocycles. The molecule has 1 heterocycles. The fourth-order valence-electron chi connectivity index (χ4n) is 6.66. The summed E-state index contributed by atoms with van der Waals surface area (Å²) in [6.07, 6.45) is 0.326. The van der Waals surface area contributed by atoms with Crippen molar-refractivity contribution in [2.24, 2.45) is 0 Å². The number of fused-ring (bicyclic) bond motifs is 10. The second-order valence-corrected chi connectivity index (χ2v) is 9.80. The number of benzene rings is 5. The van der Waals surface area contributed by atoms with Crippen molar-refractivity contribution in [3.05, 3.63) is 155 Å². The molecule has 0 atom stereocenters. The van der Waals surface area contributed by atoms with Crippen LogP contribution in [0.4, 0.5) is 0 Å². The molecule has 35 heavy (non-hydrogen) atoms. The molecule has 2 nitrogen and oxygen atoms in total. The summed E-state index contributed by atoms with van der Waals surface area (Å²) >= 11 is 0. The van der Waals surface area contributed by atoms with Crippen molar-refractivity contribution in [1.29, 1.82) is 0 Å². The molecule has 2 heteroatoms. The fourth-order valence-corrected chi connectivity index (χ4v) is 6.66. The lowest BCUT2D eigenvalue weighted by Crippen LogP contribution is -2.54. The lowest BCUT2D eigenvalue weighted by atomic mass is 9.70. The Labute approximate surface area is 205 Å². The molecule has 0 bridgehead atoms. The Morgan fingerprint density at radius 1 is 0.400 bits per heavy atom. The van der Waals surface area contributed by atoms with Gasteiger partial charge < -0.3 is 0 Å². The first-order valence-electron chi connectivity index (χ1n) is 12.4. The van der Waals surface area contributed by atoms with Gasteiger partial charge in [-0.1, -0.05) is 121 Å². The second kappa shape index (κ2) is 7.02. The van der Waals surface area contributed by atoms with Crippen LogP contribution in [0.15, 0.2) is 121 Å². The molecule has 166 valence electrons. The van der Waals surface area contributed by atoms with Crippen LogP contribution >= 0.6 is 0 Å². The van der Waals surface area contributed by atoms with Crippen molar-refractivity contribution in [2.75, 3.05) is 0 Å². The van der Waals surface area contributed by atoms with Gasteiger partial charge in [0.1, 0.15) is 0 Å². The largest absolute Gasteiger partial charge is 0.279 e. The molecule has 1 fully saturated rings. The fraction of sp³-hybridized carbons (Fsp3) is 0.0909. The lowest BCUT2D eigenvalue weighted by molar-refractivity contribution is 0.203. The molecule has 1 aliphatic heterocycles. The summed E-state index contributed by atoms with van der Waals surface area (Å²) in [6.45, 7) is 0. The van der Waals surface area contributed by atoms with Gasteiger partial charge in [0.2, 0.25) is 0 Å². The summed E-state index contributed by atoms with van der Waals surface area (Å²) in [5.41, 5.74) is 13.2. The number of rotatable bonds is 2. The Hall–Kier alpha value is -3.98. The van der Waals surface area contributed by atoms with Crippen molar-refractivity contribution in [3.63, 3.8) is 0 Å². The van der Waals surface area contributed by atoms with Crippen LogP contribution in [0.3, 0.4) is 0 Å². The monoisotopic (exact) mass is 448 g/mol. The first-order chi connectivity index (χ1) is 17.4. The van der Waals surface area contributed by atoms with Crippen molar-refractivity contribution in [1.82, 2.24) is 10.6 Å². The maximum Gasteiger partial charge on any atom is 0.0864 e. The summed E-state index contributed by atoms with van der Waals surface area (Å²) in [5, 5.41) is 7.46. The minimum absolute atomic E-state index is 0.137. The van der Waals surface area contributed by atoms with Gasteiger partial charge in [0.25, 0.3) is 0 Å². The van der Waals surface area contributed by atoms with E-state index in [1.165, 1.54) is 55.6 Å². The van der Waals surface area contributed by atoms with Gasteiger partial charge in [0.15, 0.2) is 0 Å². The molecule has 0 radical (unpaired) electrons. The molecule has 1 spiro atoms. The maximum absolute atomic E-state index is 3.73. The van der Waals surface area contributed by atoms with Gasteiger partial charge in [-0.3, -0.25) is 10.6 Å². The van der Waals surface area contributed by atoms with Crippen LogP contribution in [0.1, 0.15) is 45.7 Å². The highest BCUT2D eigenvalue weighted by Gasteiger charge is 2.51. The van der Waals surface area contributed by atoms with Crippen LogP contribution < -0.4 is 10.6 Å². The first-order valence-corrected chi connectivity index (χ1v) is 12.4. The Morgan fingerprint density at radius 2 is 0.857 bits per heavy atom. The third-order valence-electron chi connectivity index (χ3n) is 8.15. The molecule has 0 saturated carbocycles. The molecule has 0 aromatic heterocycles. The van der Waals surface area contributed by atoms with Crippen LogP contribution in [0.2, 0.25) is 0 Å². The van der Waals surface area contributed by atoms with Gasteiger partial charge in [-0.25, -0.2) is 0 Å². The second-order valence-electron chi connectivity index (χ2n) is 9.80. The minimum atomic E-state index is -0.280. The smallest absolute Gasteiger partial charge is 0.0864 e. The van der Waals surface area contributed by atoms with Gasteiger partial charge in [-0.2, -0.15) is 0 Å². The molecule has 0 amide bonds. The zero-order valence-electron chi connectivity index (χ0n) is 19.2. The topological polar surface area (TPSA) is 24.1 Å². The molecular weight excluding hydrogens is 424 g/mol. The van der Waals surface area contributed by atoms with E-state index in [9.17, 15) is 0 Å². The highest BCUT2D eigenvalue weighted by Crippen LogP contribution is 2.62. The Morgan fingerprint density at radius 3 is 1.43 bits per heavy atom. The Kier molecular flexibility index (Phi) is 3.88. The van der Waals surface area contributed by atoms with E-state index in [1.54, 1.807) is 0 Å². The van der Waals surface area contributed by atoms with Gasteiger partial charge in [-0.05, 0) is 55.6 Å². The summed E-state index contributed by atoms with van der Waals surface area (Å²) in [4.78, 5) is 0. The SMILES string of the molecule is c1ccc(C2NC(c3ccc4c(c3)C3(c5ccccc5-c5ccccc53)c3ccccc3-4)N2)cc1. The van der Waals surface area contributed by atoms with E-state index in [4.69, 9.17) is 0 Å². The van der Waals surface area contributed by atoms with Crippen LogP contribution in [-0.2, 0) is 5.41 Å². The minimum Gasteiger partial charge on any atom is -0.279 e. The summed E-state index contributed by atoms with van der Waals surface area (Å²) in [5.74, 6) is 0. The molecule has 8 rings (SSSR count). The van der Waals surface area contributed by atoms with E-state index in [1.807, 2.05) is 0 Å². The molecule has 5 aromatic rings. The Bertz CT molecular complexity index is 1550. The molecule has 2 N–H and O–H groups in total. The third kappa shape index (κ3) is 2.45. The van der Waals surface area contributed by atoms with Crippen LogP contribution in [0.5, 0.6) is 0 Å². The highest BCUT2D eigenvalue weighted by atomic mass is 15.3. The quantitative estimate of drug-likeness (QED) is 0.300. The van der Waals surface area contributed by atoms with Gasteiger partial charge >= 0.3 is 0 Å².